The molecule has 1 fully saturated rings. The van der Waals surface area contributed by atoms with Gasteiger partial charge in [0, 0.05) is 53.3 Å². The zero-order valence-corrected chi connectivity index (χ0v) is 19.6. The van der Waals surface area contributed by atoms with E-state index in [1.807, 2.05) is 25.3 Å². The normalized spacial score (nSPS) is 16.0. The Morgan fingerprint density at radius 1 is 1.06 bits per heavy atom. The third-order valence-corrected chi connectivity index (χ3v) is 6.40. The van der Waals surface area contributed by atoms with Gasteiger partial charge in [0.05, 0.1) is 5.69 Å². The summed E-state index contributed by atoms with van der Waals surface area (Å²) in [5.41, 5.74) is 2.95. The van der Waals surface area contributed by atoms with Crippen molar-refractivity contribution in [2.75, 3.05) is 4.90 Å². The van der Waals surface area contributed by atoms with Crippen LogP contribution in [0.1, 0.15) is 18.9 Å². The molecular weight excluding hydrogens is 454 g/mol. The lowest BCUT2D eigenvalue weighted by Gasteiger charge is -2.21. The summed E-state index contributed by atoms with van der Waals surface area (Å²) in [6.07, 6.45) is 3.62. The van der Waals surface area contributed by atoms with E-state index >= 15 is 0 Å². The number of pyridine rings is 1. The van der Waals surface area contributed by atoms with E-state index in [0.717, 1.165) is 16.5 Å². The Morgan fingerprint density at radius 3 is 2.47 bits per heavy atom. The molecular formula is C26H22ClN3O4. The van der Waals surface area contributed by atoms with Crippen molar-refractivity contribution in [2.45, 2.75) is 20.3 Å². The van der Waals surface area contributed by atoms with Crippen LogP contribution in [0.5, 0.6) is 11.5 Å². The van der Waals surface area contributed by atoms with E-state index in [0.29, 0.717) is 33.3 Å². The summed E-state index contributed by atoms with van der Waals surface area (Å²) in [4.78, 5) is 41.9. The molecule has 1 atom stereocenters. The Hall–Kier alpha value is -3.84. The van der Waals surface area contributed by atoms with E-state index in [9.17, 15) is 14.4 Å². The van der Waals surface area contributed by atoms with Gasteiger partial charge in [-0.05, 0) is 55.0 Å². The van der Waals surface area contributed by atoms with Crippen molar-refractivity contribution >= 4 is 40.0 Å². The molecule has 0 radical (unpaired) electrons. The Balaban J connectivity index is 1.75. The number of carbonyl (C=O) groups is 2. The Bertz CT molecular complexity index is 1520. The molecule has 8 heteroatoms. The van der Waals surface area contributed by atoms with Crippen molar-refractivity contribution in [1.29, 1.82) is 0 Å². The van der Waals surface area contributed by atoms with Gasteiger partial charge in [0.15, 0.2) is 0 Å². The predicted octanol–water partition coefficient (Wildman–Crippen LogP) is 5.19. The number of rotatable bonds is 4. The van der Waals surface area contributed by atoms with Crippen molar-refractivity contribution < 1.29 is 14.3 Å². The number of benzene rings is 2. The van der Waals surface area contributed by atoms with Crippen molar-refractivity contribution in [3.05, 3.63) is 75.8 Å². The molecule has 2 aromatic heterocycles. The van der Waals surface area contributed by atoms with Gasteiger partial charge in [-0.2, -0.15) is 0 Å². The Kier molecular flexibility index (Phi) is 5.29. The number of anilines is 1. The van der Waals surface area contributed by atoms with Crippen LogP contribution >= 0.6 is 11.6 Å². The fourth-order valence-electron chi connectivity index (χ4n) is 4.45. The van der Waals surface area contributed by atoms with E-state index in [4.69, 9.17) is 16.3 Å². The van der Waals surface area contributed by atoms with Gasteiger partial charge in [-0.3, -0.25) is 19.3 Å². The maximum absolute atomic E-state index is 12.8. The zero-order chi connectivity index (χ0) is 24.1. The highest BCUT2D eigenvalue weighted by atomic mass is 35.5. The van der Waals surface area contributed by atoms with Crippen LogP contribution in [0.15, 0.2) is 59.7 Å². The molecule has 3 heterocycles. The van der Waals surface area contributed by atoms with Gasteiger partial charge in [0.2, 0.25) is 11.8 Å². The maximum Gasteiger partial charge on any atom is 0.272 e. The minimum atomic E-state index is -0.364. The molecule has 7 nitrogen and oxygen atoms in total. The molecule has 2 amide bonds. The predicted molar refractivity (Wildman–Crippen MR) is 132 cm³/mol. The number of H-pyrrole nitrogens is 1. The number of aromatic amines is 1. The van der Waals surface area contributed by atoms with Gasteiger partial charge in [0.1, 0.15) is 17.0 Å². The highest BCUT2D eigenvalue weighted by Crippen LogP contribution is 2.42. The van der Waals surface area contributed by atoms with Gasteiger partial charge in [-0.25, -0.2) is 0 Å². The van der Waals surface area contributed by atoms with E-state index in [2.05, 4.69) is 4.98 Å². The second kappa shape index (κ2) is 8.18. The summed E-state index contributed by atoms with van der Waals surface area (Å²) in [7, 11) is 1.80. The molecule has 0 aliphatic carbocycles. The number of ether oxygens (including phenoxy) is 1. The number of nitrogens with zero attached hydrogens (tertiary/aromatic N) is 2. The SMILES string of the molecule is Cc1cc(Oc2ccc(Cl)cc2)c(-c2cn(C)c3c(=O)[nH]ccc23)cc1N1C(=O)CC(C)C1=O. The number of amides is 2. The summed E-state index contributed by atoms with van der Waals surface area (Å²) in [5, 5.41) is 1.32. The smallest absolute Gasteiger partial charge is 0.272 e. The van der Waals surface area contributed by atoms with Crippen LogP contribution < -0.4 is 15.2 Å². The lowest BCUT2D eigenvalue weighted by atomic mass is 10.0. The van der Waals surface area contributed by atoms with E-state index in [1.54, 1.807) is 55.1 Å². The summed E-state index contributed by atoms with van der Waals surface area (Å²) < 4.78 is 7.99. The molecule has 1 N–H and O–H groups in total. The minimum absolute atomic E-state index is 0.181. The first-order chi connectivity index (χ1) is 16.2. The monoisotopic (exact) mass is 475 g/mol. The fourth-order valence-corrected chi connectivity index (χ4v) is 4.58. The van der Waals surface area contributed by atoms with Crippen LogP contribution in [0.3, 0.4) is 0 Å². The number of fused-ring (bicyclic) bond motifs is 1. The van der Waals surface area contributed by atoms with Gasteiger partial charge >= 0.3 is 0 Å². The summed E-state index contributed by atoms with van der Waals surface area (Å²) in [6.45, 7) is 3.59. The van der Waals surface area contributed by atoms with Crippen LogP contribution in [0.4, 0.5) is 5.69 Å². The van der Waals surface area contributed by atoms with Crippen LogP contribution in [-0.2, 0) is 16.6 Å². The van der Waals surface area contributed by atoms with Crippen LogP contribution in [0.25, 0.3) is 22.0 Å². The van der Waals surface area contributed by atoms with Crippen LogP contribution in [-0.4, -0.2) is 21.4 Å². The molecule has 172 valence electrons. The molecule has 2 aromatic carbocycles. The molecule has 1 saturated heterocycles. The molecule has 5 rings (SSSR count). The number of nitrogens with one attached hydrogen (secondary N) is 1. The van der Waals surface area contributed by atoms with Crippen LogP contribution in [0.2, 0.25) is 5.02 Å². The lowest BCUT2D eigenvalue weighted by molar-refractivity contribution is -0.122. The molecule has 1 aliphatic heterocycles. The summed E-state index contributed by atoms with van der Waals surface area (Å²) >= 11 is 6.02. The third-order valence-electron chi connectivity index (χ3n) is 6.14. The second-order valence-electron chi connectivity index (χ2n) is 8.59. The Labute approximate surface area is 200 Å². The van der Waals surface area contributed by atoms with Gasteiger partial charge < -0.3 is 14.3 Å². The Morgan fingerprint density at radius 2 is 1.79 bits per heavy atom. The molecule has 34 heavy (non-hydrogen) atoms. The first-order valence-electron chi connectivity index (χ1n) is 10.9. The minimum Gasteiger partial charge on any atom is -0.457 e. The number of aryl methyl sites for hydroxylation is 2. The lowest BCUT2D eigenvalue weighted by Crippen LogP contribution is -2.30. The molecule has 0 spiro atoms. The number of hydrogen-bond donors (Lipinski definition) is 1. The zero-order valence-electron chi connectivity index (χ0n) is 18.9. The highest BCUT2D eigenvalue weighted by molar-refractivity contribution is 6.30. The first-order valence-corrected chi connectivity index (χ1v) is 11.2. The van der Waals surface area contributed by atoms with E-state index in [-0.39, 0.29) is 29.7 Å². The largest absolute Gasteiger partial charge is 0.457 e. The topological polar surface area (TPSA) is 84.4 Å². The average Bonchev–Trinajstić information content (AvgIpc) is 3.26. The number of imide groups is 1. The third kappa shape index (κ3) is 3.58. The van der Waals surface area contributed by atoms with Crippen molar-refractivity contribution in [3.63, 3.8) is 0 Å². The summed E-state index contributed by atoms with van der Waals surface area (Å²) in [5.74, 6) is 0.296. The van der Waals surface area contributed by atoms with E-state index in [1.165, 1.54) is 4.90 Å². The van der Waals surface area contributed by atoms with Crippen LogP contribution in [0, 0.1) is 12.8 Å². The van der Waals surface area contributed by atoms with Crippen molar-refractivity contribution in [2.24, 2.45) is 13.0 Å². The molecule has 4 aromatic rings. The van der Waals surface area contributed by atoms with Gasteiger partial charge in [-0.1, -0.05) is 18.5 Å². The van der Waals surface area contributed by atoms with E-state index < -0.39 is 0 Å². The quantitative estimate of drug-likeness (QED) is 0.412. The first kappa shape index (κ1) is 22.0. The number of hydrogen-bond acceptors (Lipinski definition) is 4. The fraction of sp³-hybridized carbons (Fsp3) is 0.192. The molecule has 1 aliphatic rings. The standard InChI is InChI=1S/C26H22ClN3O4/c1-14-10-22(34-17-6-4-16(27)5-7-17)19(12-21(14)30-23(31)11-15(2)26(30)33)20-13-29(3)24-18(20)8-9-28-25(24)32/h4-10,12-13,15H,11H2,1-3H3,(H,28,32). The number of carbonyl (C=O) groups excluding carboxylic acids is 2. The number of aromatic nitrogens is 2. The van der Waals surface area contributed by atoms with Crippen molar-refractivity contribution in [3.8, 4) is 22.6 Å². The molecule has 0 saturated carbocycles. The summed E-state index contributed by atoms with van der Waals surface area (Å²) in [6, 6.07) is 12.4. The maximum atomic E-state index is 12.8. The van der Waals surface area contributed by atoms with Gasteiger partial charge in [-0.15, -0.1) is 0 Å². The average molecular weight is 476 g/mol. The number of halogens is 1. The van der Waals surface area contributed by atoms with Crippen molar-refractivity contribution in [1.82, 2.24) is 9.55 Å². The van der Waals surface area contributed by atoms with Gasteiger partial charge in [0.25, 0.3) is 5.56 Å². The highest BCUT2D eigenvalue weighted by Gasteiger charge is 2.37. The molecule has 0 bridgehead atoms. The molecule has 1 unspecified atom stereocenters. The second-order valence-corrected chi connectivity index (χ2v) is 9.02.